The second kappa shape index (κ2) is 4.63. The number of rotatable bonds is 3. The van der Waals surface area contributed by atoms with E-state index < -0.39 is 0 Å². The molecule has 0 spiro atoms. The molecule has 2 aromatic rings. The number of aromatic nitrogens is 2. The Hall–Kier alpha value is -1.13. The van der Waals surface area contributed by atoms with Crippen LogP contribution in [0.3, 0.4) is 0 Å². The molecule has 0 amide bonds. The fraction of sp³-hybridized carbons (Fsp3) is 0.462. The molecule has 0 radical (unpaired) electrons. The summed E-state index contributed by atoms with van der Waals surface area (Å²) >= 11 is 1.73. The van der Waals surface area contributed by atoms with Crippen LogP contribution in [-0.2, 0) is 13.6 Å². The van der Waals surface area contributed by atoms with E-state index in [1.54, 1.807) is 11.3 Å². The van der Waals surface area contributed by atoms with Gasteiger partial charge in [0.2, 0.25) is 0 Å². The van der Waals surface area contributed by atoms with Crippen molar-refractivity contribution in [2.45, 2.75) is 32.9 Å². The molecule has 0 saturated carbocycles. The van der Waals surface area contributed by atoms with Gasteiger partial charge in [0.05, 0.1) is 4.88 Å². The molecule has 2 heterocycles. The number of hydrogen-bond acceptors (Lipinski definition) is 3. The average molecular weight is 249 g/mol. The van der Waals surface area contributed by atoms with E-state index in [0.717, 1.165) is 12.2 Å². The van der Waals surface area contributed by atoms with Crippen LogP contribution in [0.15, 0.2) is 23.7 Å². The second-order valence-corrected chi connectivity index (χ2v) is 6.21. The third-order valence-electron chi connectivity index (χ3n) is 2.47. The Labute approximate surface area is 106 Å². The largest absolute Gasteiger partial charge is 0.308 e. The van der Waals surface area contributed by atoms with Gasteiger partial charge in [0, 0.05) is 30.9 Å². The summed E-state index contributed by atoms with van der Waals surface area (Å²) in [5, 5.41) is 10.1. The first kappa shape index (κ1) is 12.3. The van der Waals surface area contributed by atoms with Crippen LogP contribution < -0.4 is 5.32 Å². The minimum atomic E-state index is 0.128. The van der Waals surface area contributed by atoms with Crippen molar-refractivity contribution >= 4 is 11.3 Å². The van der Waals surface area contributed by atoms with Gasteiger partial charge in [0.1, 0.15) is 5.69 Å². The standard InChI is InChI=1S/C13H19N3S/c1-13(2,3)14-8-10-9-16(4)15-12(10)11-6-5-7-17-11/h5-7,9,14H,8H2,1-4H3. The van der Waals surface area contributed by atoms with Crippen molar-refractivity contribution in [1.82, 2.24) is 15.1 Å². The third-order valence-corrected chi connectivity index (χ3v) is 3.34. The zero-order valence-electron chi connectivity index (χ0n) is 10.8. The molecule has 0 unspecified atom stereocenters. The van der Waals surface area contributed by atoms with Crippen LogP contribution in [0.4, 0.5) is 0 Å². The Morgan fingerprint density at radius 2 is 2.18 bits per heavy atom. The van der Waals surface area contributed by atoms with E-state index in [1.165, 1.54) is 10.4 Å². The molecule has 1 N–H and O–H groups in total. The summed E-state index contributed by atoms with van der Waals surface area (Å²) in [5.74, 6) is 0. The molecule has 0 aromatic carbocycles. The average Bonchev–Trinajstić information content (AvgIpc) is 2.81. The molecule has 2 aromatic heterocycles. The molecule has 0 aliphatic rings. The van der Waals surface area contributed by atoms with Crippen molar-refractivity contribution in [3.8, 4) is 10.6 Å². The van der Waals surface area contributed by atoms with Gasteiger partial charge in [-0.1, -0.05) is 6.07 Å². The highest BCUT2D eigenvalue weighted by Crippen LogP contribution is 2.26. The lowest BCUT2D eigenvalue weighted by Crippen LogP contribution is -2.35. The Bertz CT molecular complexity index is 477. The van der Waals surface area contributed by atoms with Crippen LogP contribution in [-0.4, -0.2) is 15.3 Å². The normalized spacial score (nSPS) is 12.0. The third kappa shape index (κ3) is 3.17. The molecule has 0 fully saturated rings. The monoisotopic (exact) mass is 249 g/mol. The Balaban J connectivity index is 2.23. The van der Waals surface area contributed by atoms with E-state index in [9.17, 15) is 0 Å². The summed E-state index contributed by atoms with van der Waals surface area (Å²) in [4.78, 5) is 1.23. The lowest BCUT2D eigenvalue weighted by molar-refractivity contribution is 0.424. The minimum Gasteiger partial charge on any atom is -0.308 e. The van der Waals surface area contributed by atoms with Crippen LogP contribution in [0.1, 0.15) is 26.3 Å². The van der Waals surface area contributed by atoms with Gasteiger partial charge in [0.25, 0.3) is 0 Å². The molecule has 2 rings (SSSR count). The number of hydrogen-bond donors (Lipinski definition) is 1. The lowest BCUT2D eigenvalue weighted by Gasteiger charge is -2.20. The van der Waals surface area contributed by atoms with Gasteiger partial charge in [-0.25, -0.2) is 0 Å². The zero-order valence-corrected chi connectivity index (χ0v) is 11.6. The molecule has 0 bridgehead atoms. The number of aryl methyl sites for hydroxylation is 1. The van der Waals surface area contributed by atoms with E-state index in [0.29, 0.717) is 0 Å². The summed E-state index contributed by atoms with van der Waals surface area (Å²) in [6.45, 7) is 7.38. The number of nitrogens with one attached hydrogen (secondary N) is 1. The summed E-state index contributed by atoms with van der Waals surface area (Å²) in [7, 11) is 1.97. The summed E-state index contributed by atoms with van der Waals surface area (Å²) in [6, 6.07) is 4.18. The first-order chi connectivity index (χ1) is 7.96. The topological polar surface area (TPSA) is 29.9 Å². The Kier molecular flexibility index (Phi) is 3.35. The van der Waals surface area contributed by atoms with E-state index in [4.69, 9.17) is 0 Å². The fourth-order valence-corrected chi connectivity index (χ4v) is 2.39. The van der Waals surface area contributed by atoms with Crippen molar-refractivity contribution in [2.24, 2.45) is 7.05 Å². The highest BCUT2D eigenvalue weighted by Gasteiger charge is 2.14. The quantitative estimate of drug-likeness (QED) is 0.906. The van der Waals surface area contributed by atoms with Gasteiger partial charge in [-0.15, -0.1) is 11.3 Å². The van der Waals surface area contributed by atoms with Crippen LogP contribution in [0, 0.1) is 0 Å². The van der Waals surface area contributed by atoms with Gasteiger partial charge >= 0.3 is 0 Å². The minimum absolute atomic E-state index is 0.128. The van der Waals surface area contributed by atoms with E-state index in [-0.39, 0.29) is 5.54 Å². The molecule has 3 nitrogen and oxygen atoms in total. The Morgan fingerprint density at radius 3 is 2.76 bits per heavy atom. The van der Waals surface area contributed by atoms with E-state index in [1.807, 2.05) is 11.7 Å². The predicted molar refractivity (Wildman–Crippen MR) is 73.1 cm³/mol. The molecular weight excluding hydrogens is 230 g/mol. The van der Waals surface area contributed by atoms with Gasteiger partial charge in [0.15, 0.2) is 0 Å². The summed E-state index contributed by atoms with van der Waals surface area (Å²) < 4.78 is 1.88. The van der Waals surface area contributed by atoms with Crippen molar-refractivity contribution in [1.29, 1.82) is 0 Å². The molecule has 0 aliphatic heterocycles. The van der Waals surface area contributed by atoms with Crippen molar-refractivity contribution in [2.75, 3.05) is 0 Å². The highest BCUT2D eigenvalue weighted by atomic mass is 32.1. The summed E-state index contributed by atoms with van der Waals surface area (Å²) in [6.07, 6.45) is 2.09. The van der Waals surface area contributed by atoms with Crippen LogP contribution in [0.2, 0.25) is 0 Å². The van der Waals surface area contributed by atoms with Crippen LogP contribution >= 0.6 is 11.3 Å². The predicted octanol–water partition coefficient (Wildman–Crippen LogP) is 3.04. The molecule has 0 atom stereocenters. The van der Waals surface area contributed by atoms with Gasteiger partial charge in [-0.05, 0) is 32.2 Å². The maximum Gasteiger partial charge on any atom is 0.107 e. The summed E-state index contributed by atoms with van der Waals surface area (Å²) in [5.41, 5.74) is 2.48. The molecule has 0 aliphatic carbocycles. The van der Waals surface area contributed by atoms with Crippen molar-refractivity contribution < 1.29 is 0 Å². The molecule has 92 valence electrons. The lowest BCUT2D eigenvalue weighted by atomic mass is 10.1. The fourth-order valence-electron chi connectivity index (χ4n) is 1.65. The highest BCUT2D eigenvalue weighted by molar-refractivity contribution is 7.13. The molecule has 0 saturated heterocycles. The molecular formula is C13H19N3S. The SMILES string of the molecule is Cn1cc(CNC(C)(C)C)c(-c2cccs2)n1. The maximum atomic E-state index is 4.54. The second-order valence-electron chi connectivity index (χ2n) is 5.26. The van der Waals surface area contributed by atoms with Gasteiger partial charge < -0.3 is 5.32 Å². The first-order valence-electron chi connectivity index (χ1n) is 5.77. The Morgan fingerprint density at radius 1 is 1.41 bits per heavy atom. The smallest absolute Gasteiger partial charge is 0.107 e. The van der Waals surface area contributed by atoms with Crippen molar-refractivity contribution in [3.05, 3.63) is 29.3 Å². The molecule has 4 heteroatoms. The van der Waals surface area contributed by atoms with E-state index in [2.05, 4.69) is 54.9 Å². The number of nitrogens with zero attached hydrogens (tertiary/aromatic N) is 2. The van der Waals surface area contributed by atoms with Crippen molar-refractivity contribution in [3.63, 3.8) is 0 Å². The molecule has 17 heavy (non-hydrogen) atoms. The zero-order chi connectivity index (χ0) is 12.5. The maximum absolute atomic E-state index is 4.54. The van der Waals surface area contributed by atoms with Crippen LogP contribution in [0.25, 0.3) is 10.6 Å². The first-order valence-corrected chi connectivity index (χ1v) is 6.65. The van der Waals surface area contributed by atoms with Crippen LogP contribution in [0.5, 0.6) is 0 Å². The van der Waals surface area contributed by atoms with Gasteiger partial charge in [-0.3, -0.25) is 4.68 Å². The van der Waals surface area contributed by atoms with Gasteiger partial charge in [-0.2, -0.15) is 5.10 Å². The number of thiophene rings is 1. The van der Waals surface area contributed by atoms with E-state index >= 15 is 0 Å².